The zero-order valence-corrected chi connectivity index (χ0v) is 17.3. The molecular formula is C24H20FN3O3. The molecule has 3 aromatic rings. The zero-order valence-electron chi connectivity index (χ0n) is 17.3. The van der Waals surface area contributed by atoms with Crippen LogP contribution in [-0.2, 0) is 9.59 Å². The molecule has 0 radical (unpaired) electrons. The lowest BCUT2D eigenvalue weighted by atomic mass is 10.1. The van der Waals surface area contributed by atoms with Crippen LogP contribution in [0.15, 0.2) is 66.2 Å². The standard InChI is InChI=1S/C24H20FN3O3/c1-15-12-17(16(2)27(15)20-11-7-8-18(25)14-20)13-21-22(29)26(3)24(31)28(23(21)30)19-9-5-4-6-10-19/h4-14H,1-3H3/b21-13+. The molecule has 4 amide bonds. The molecule has 6 nitrogen and oxygen atoms in total. The fraction of sp³-hybridized carbons (Fsp3) is 0.125. The van der Waals surface area contributed by atoms with E-state index in [2.05, 4.69) is 0 Å². The van der Waals surface area contributed by atoms with Crippen LogP contribution in [0.5, 0.6) is 0 Å². The first-order chi connectivity index (χ1) is 14.8. The van der Waals surface area contributed by atoms with E-state index in [1.807, 2.05) is 24.5 Å². The maximum absolute atomic E-state index is 13.7. The number of nitrogens with zero attached hydrogens (tertiary/aromatic N) is 3. The molecule has 156 valence electrons. The lowest BCUT2D eigenvalue weighted by molar-refractivity contribution is -0.128. The van der Waals surface area contributed by atoms with Crippen LogP contribution in [0.1, 0.15) is 17.0 Å². The molecule has 0 spiro atoms. The molecule has 31 heavy (non-hydrogen) atoms. The molecule has 1 fully saturated rings. The van der Waals surface area contributed by atoms with E-state index in [-0.39, 0.29) is 11.4 Å². The first-order valence-electron chi connectivity index (χ1n) is 9.67. The highest BCUT2D eigenvalue weighted by atomic mass is 19.1. The highest BCUT2D eigenvalue weighted by Gasteiger charge is 2.41. The van der Waals surface area contributed by atoms with Crippen LogP contribution in [0.25, 0.3) is 11.8 Å². The number of halogens is 1. The molecule has 0 N–H and O–H groups in total. The number of urea groups is 1. The Balaban J connectivity index is 1.81. The quantitative estimate of drug-likeness (QED) is 0.473. The number of anilines is 1. The molecule has 2 aromatic carbocycles. The van der Waals surface area contributed by atoms with Crippen molar-refractivity contribution < 1.29 is 18.8 Å². The third-order valence-corrected chi connectivity index (χ3v) is 5.30. The summed E-state index contributed by atoms with van der Waals surface area (Å²) in [6.45, 7) is 3.68. The molecule has 0 bridgehead atoms. The van der Waals surface area contributed by atoms with Gasteiger partial charge in [0, 0.05) is 24.1 Å². The molecule has 1 aromatic heterocycles. The van der Waals surface area contributed by atoms with Gasteiger partial charge in [0.1, 0.15) is 11.4 Å². The van der Waals surface area contributed by atoms with Gasteiger partial charge in [-0.05, 0) is 61.9 Å². The van der Waals surface area contributed by atoms with Gasteiger partial charge >= 0.3 is 6.03 Å². The van der Waals surface area contributed by atoms with Crippen LogP contribution < -0.4 is 4.90 Å². The van der Waals surface area contributed by atoms with E-state index in [4.69, 9.17) is 0 Å². The highest BCUT2D eigenvalue weighted by Crippen LogP contribution is 2.28. The van der Waals surface area contributed by atoms with Crippen molar-refractivity contribution in [1.29, 1.82) is 0 Å². The summed E-state index contributed by atoms with van der Waals surface area (Å²) in [5.41, 5.74) is 3.09. The third kappa shape index (κ3) is 3.44. The number of carbonyl (C=O) groups is 3. The topological polar surface area (TPSA) is 62.6 Å². The number of hydrogen-bond acceptors (Lipinski definition) is 3. The summed E-state index contributed by atoms with van der Waals surface area (Å²) in [5.74, 6) is -1.71. The maximum Gasteiger partial charge on any atom is 0.338 e. The smallest absolute Gasteiger partial charge is 0.318 e. The van der Waals surface area contributed by atoms with Crippen molar-refractivity contribution in [1.82, 2.24) is 9.47 Å². The number of imide groups is 2. The van der Waals surface area contributed by atoms with Gasteiger partial charge in [0.15, 0.2) is 0 Å². The molecule has 0 atom stereocenters. The lowest BCUT2D eigenvalue weighted by Gasteiger charge is -2.31. The van der Waals surface area contributed by atoms with E-state index in [1.54, 1.807) is 42.5 Å². The molecule has 1 aliphatic heterocycles. The Morgan fingerprint density at radius 2 is 1.52 bits per heavy atom. The van der Waals surface area contributed by atoms with Gasteiger partial charge in [-0.25, -0.2) is 14.1 Å². The molecule has 0 unspecified atom stereocenters. The Kier molecular flexibility index (Phi) is 5.02. The van der Waals surface area contributed by atoms with Crippen LogP contribution in [-0.4, -0.2) is 34.4 Å². The Morgan fingerprint density at radius 3 is 2.19 bits per heavy atom. The summed E-state index contributed by atoms with van der Waals surface area (Å²) in [7, 11) is 1.34. The zero-order chi connectivity index (χ0) is 22.3. The minimum absolute atomic E-state index is 0.120. The molecule has 1 saturated heterocycles. The van der Waals surface area contributed by atoms with Gasteiger partial charge in [-0.3, -0.25) is 14.5 Å². The Hall–Kier alpha value is -4.00. The summed E-state index contributed by atoms with van der Waals surface area (Å²) in [5, 5.41) is 0. The molecule has 4 rings (SSSR count). The number of aromatic nitrogens is 1. The van der Waals surface area contributed by atoms with Crippen molar-refractivity contribution in [2.24, 2.45) is 0 Å². The van der Waals surface area contributed by atoms with Gasteiger partial charge in [-0.1, -0.05) is 24.3 Å². The molecule has 0 saturated carbocycles. The van der Waals surface area contributed by atoms with Crippen molar-refractivity contribution in [2.45, 2.75) is 13.8 Å². The second-order valence-corrected chi connectivity index (χ2v) is 7.32. The van der Waals surface area contributed by atoms with Gasteiger partial charge in [0.2, 0.25) is 0 Å². The number of carbonyl (C=O) groups excluding carboxylic acids is 3. The molecule has 2 heterocycles. The van der Waals surface area contributed by atoms with E-state index in [1.165, 1.54) is 25.3 Å². The van der Waals surface area contributed by atoms with Gasteiger partial charge < -0.3 is 4.57 Å². The first-order valence-corrected chi connectivity index (χ1v) is 9.67. The molecule has 0 aliphatic carbocycles. The van der Waals surface area contributed by atoms with Crippen LogP contribution in [0, 0.1) is 19.7 Å². The number of amides is 4. The molecular weight excluding hydrogens is 397 g/mol. The van der Waals surface area contributed by atoms with Crippen molar-refractivity contribution >= 4 is 29.6 Å². The highest BCUT2D eigenvalue weighted by molar-refractivity contribution is 6.39. The van der Waals surface area contributed by atoms with Crippen molar-refractivity contribution in [3.63, 3.8) is 0 Å². The van der Waals surface area contributed by atoms with Gasteiger partial charge in [0.05, 0.1) is 5.69 Å². The predicted octanol–water partition coefficient (Wildman–Crippen LogP) is 4.24. The van der Waals surface area contributed by atoms with Crippen molar-refractivity contribution in [2.75, 3.05) is 11.9 Å². The van der Waals surface area contributed by atoms with E-state index in [9.17, 15) is 18.8 Å². The monoisotopic (exact) mass is 417 g/mol. The number of para-hydroxylation sites is 1. The van der Waals surface area contributed by atoms with Crippen molar-refractivity contribution in [3.8, 4) is 5.69 Å². The molecule has 1 aliphatic rings. The first kappa shape index (κ1) is 20.3. The van der Waals surface area contributed by atoms with E-state index >= 15 is 0 Å². The number of rotatable bonds is 3. The Morgan fingerprint density at radius 1 is 0.839 bits per heavy atom. The summed E-state index contributed by atoms with van der Waals surface area (Å²) in [6.07, 6.45) is 1.49. The average molecular weight is 417 g/mol. The van der Waals surface area contributed by atoms with E-state index in [0.717, 1.165) is 21.2 Å². The van der Waals surface area contributed by atoms with Crippen LogP contribution in [0.3, 0.4) is 0 Å². The fourth-order valence-electron chi connectivity index (χ4n) is 3.75. The summed E-state index contributed by atoms with van der Waals surface area (Å²) >= 11 is 0. The normalized spacial score (nSPS) is 15.9. The van der Waals surface area contributed by atoms with Crippen molar-refractivity contribution in [3.05, 3.63) is 89.0 Å². The second kappa shape index (κ2) is 7.68. The minimum atomic E-state index is -0.705. The fourth-order valence-corrected chi connectivity index (χ4v) is 3.75. The minimum Gasteiger partial charge on any atom is -0.318 e. The van der Waals surface area contributed by atoms with Crippen LogP contribution >= 0.6 is 0 Å². The van der Waals surface area contributed by atoms with Crippen LogP contribution in [0.4, 0.5) is 14.9 Å². The Labute approximate surface area is 178 Å². The lowest BCUT2D eigenvalue weighted by Crippen LogP contribution is -2.55. The number of aryl methyl sites for hydroxylation is 1. The number of hydrogen-bond donors (Lipinski definition) is 0. The van der Waals surface area contributed by atoms with E-state index < -0.39 is 17.8 Å². The van der Waals surface area contributed by atoms with Gasteiger partial charge in [-0.2, -0.15) is 0 Å². The molecule has 7 heteroatoms. The Bertz CT molecular complexity index is 1240. The van der Waals surface area contributed by atoms with Gasteiger partial charge in [-0.15, -0.1) is 0 Å². The number of likely N-dealkylation sites (N-methyl/N-ethyl adjacent to an activating group) is 1. The summed E-state index contributed by atoms with van der Waals surface area (Å²) in [6, 6.07) is 15.7. The predicted molar refractivity (Wildman–Crippen MR) is 115 cm³/mol. The largest absolute Gasteiger partial charge is 0.338 e. The number of barbiturate groups is 1. The third-order valence-electron chi connectivity index (χ3n) is 5.30. The SMILES string of the molecule is Cc1cc(/C=C2\C(=O)N(C)C(=O)N(c3ccccc3)C2=O)c(C)n1-c1cccc(F)c1. The second-order valence-electron chi connectivity index (χ2n) is 7.32. The number of benzene rings is 2. The average Bonchev–Trinajstić information content (AvgIpc) is 3.03. The summed E-state index contributed by atoms with van der Waals surface area (Å²) < 4.78 is 15.6. The maximum atomic E-state index is 13.7. The van der Waals surface area contributed by atoms with Crippen LogP contribution in [0.2, 0.25) is 0 Å². The van der Waals surface area contributed by atoms with E-state index in [0.29, 0.717) is 16.9 Å². The van der Waals surface area contributed by atoms with Gasteiger partial charge in [0.25, 0.3) is 11.8 Å². The summed E-state index contributed by atoms with van der Waals surface area (Å²) in [4.78, 5) is 40.5.